The van der Waals surface area contributed by atoms with E-state index in [0.29, 0.717) is 12.0 Å². The number of thioether (sulfide) groups is 1. The van der Waals surface area contributed by atoms with Gasteiger partial charge in [-0.15, -0.1) is 11.8 Å². The molecule has 0 spiro atoms. The number of aliphatic hydroxyl groups is 1. The Kier molecular flexibility index (Phi) is 4.13. The summed E-state index contributed by atoms with van der Waals surface area (Å²) < 4.78 is 0. The molecule has 0 aliphatic heterocycles. The van der Waals surface area contributed by atoms with Crippen molar-refractivity contribution in [2.75, 3.05) is 5.75 Å². The highest BCUT2D eigenvalue weighted by Crippen LogP contribution is 2.20. The number of nitriles is 1. The molecule has 80 valence electrons. The van der Waals surface area contributed by atoms with Gasteiger partial charge in [-0.25, -0.2) is 4.98 Å². The van der Waals surface area contributed by atoms with Crippen molar-refractivity contribution in [1.82, 2.24) is 4.98 Å². The molecule has 1 heterocycles. The largest absolute Gasteiger partial charge is 0.390 e. The van der Waals surface area contributed by atoms with Gasteiger partial charge >= 0.3 is 0 Å². The molecular weight excluding hydrogens is 208 g/mol. The highest BCUT2D eigenvalue weighted by molar-refractivity contribution is 7.99. The fourth-order valence-electron chi connectivity index (χ4n) is 0.963. The van der Waals surface area contributed by atoms with E-state index in [2.05, 4.69) is 11.1 Å². The molecule has 0 atom stereocenters. The van der Waals surface area contributed by atoms with Gasteiger partial charge in [-0.1, -0.05) is 0 Å². The van der Waals surface area contributed by atoms with Gasteiger partial charge in [0.2, 0.25) is 0 Å². The maximum absolute atomic E-state index is 9.51. The molecule has 3 nitrogen and oxygen atoms in total. The zero-order valence-electron chi connectivity index (χ0n) is 8.90. The van der Waals surface area contributed by atoms with Gasteiger partial charge in [0.25, 0.3) is 0 Å². The Hall–Kier alpha value is -1.05. The fraction of sp³-hybridized carbons (Fsp3) is 0.455. The van der Waals surface area contributed by atoms with E-state index in [0.717, 1.165) is 10.8 Å². The second kappa shape index (κ2) is 5.15. The summed E-state index contributed by atoms with van der Waals surface area (Å²) in [5.74, 6) is 0.797. The predicted molar refractivity (Wildman–Crippen MR) is 60.6 cm³/mol. The lowest BCUT2D eigenvalue weighted by Crippen LogP contribution is -2.19. The lowest BCUT2D eigenvalue weighted by Gasteiger charge is -2.15. The first-order chi connectivity index (χ1) is 7.01. The van der Waals surface area contributed by atoms with Crippen LogP contribution in [0.5, 0.6) is 0 Å². The van der Waals surface area contributed by atoms with Crippen LogP contribution in [-0.2, 0) is 0 Å². The molecule has 1 aromatic heterocycles. The summed E-state index contributed by atoms with van der Waals surface area (Å²) in [5, 5.41) is 19.0. The van der Waals surface area contributed by atoms with Crippen molar-refractivity contribution in [1.29, 1.82) is 5.26 Å². The second-order valence-corrected chi connectivity index (χ2v) is 5.02. The molecule has 0 saturated carbocycles. The van der Waals surface area contributed by atoms with Crippen LogP contribution in [0.2, 0.25) is 0 Å². The summed E-state index contributed by atoms with van der Waals surface area (Å²) in [6, 6.07) is 5.51. The van der Waals surface area contributed by atoms with E-state index >= 15 is 0 Å². The van der Waals surface area contributed by atoms with Crippen LogP contribution in [0.3, 0.4) is 0 Å². The fourth-order valence-corrected chi connectivity index (χ4v) is 2.12. The van der Waals surface area contributed by atoms with Crippen molar-refractivity contribution < 1.29 is 5.11 Å². The molecule has 1 rings (SSSR count). The van der Waals surface area contributed by atoms with Crippen molar-refractivity contribution in [2.45, 2.75) is 30.9 Å². The van der Waals surface area contributed by atoms with Crippen LogP contribution in [0.25, 0.3) is 0 Å². The average molecular weight is 222 g/mol. The van der Waals surface area contributed by atoms with Crippen LogP contribution in [-0.4, -0.2) is 21.4 Å². The quantitative estimate of drug-likeness (QED) is 0.793. The molecule has 0 unspecified atom stereocenters. The van der Waals surface area contributed by atoms with Crippen molar-refractivity contribution in [3.63, 3.8) is 0 Å². The molecule has 0 radical (unpaired) electrons. The lowest BCUT2D eigenvalue weighted by atomic mass is 10.1. The number of nitrogens with zero attached hydrogens (tertiary/aromatic N) is 2. The van der Waals surface area contributed by atoms with Crippen molar-refractivity contribution >= 4 is 11.8 Å². The zero-order chi connectivity index (χ0) is 11.3. The van der Waals surface area contributed by atoms with Gasteiger partial charge in [-0.2, -0.15) is 5.26 Å². The van der Waals surface area contributed by atoms with Crippen LogP contribution in [0.4, 0.5) is 0 Å². The average Bonchev–Trinajstić information content (AvgIpc) is 2.16. The minimum Gasteiger partial charge on any atom is -0.390 e. The Morgan fingerprint density at radius 3 is 2.93 bits per heavy atom. The summed E-state index contributed by atoms with van der Waals surface area (Å²) in [7, 11) is 0. The summed E-state index contributed by atoms with van der Waals surface area (Å²) >= 11 is 1.55. The second-order valence-electron chi connectivity index (χ2n) is 3.91. The molecule has 0 aliphatic rings. The summed E-state index contributed by atoms with van der Waals surface area (Å²) in [6.45, 7) is 3.57. The Bertz CT molecular complexity index is 366. The SMILES string of the molecule is CC(C)(O)CCSc1cc(C#N)ccn1. The molecule has 1 aromatic rings. The van der Waals surface area contributed by atoms with Gasteiger partial charge in [0.05, 0.1) is 22.3 Å². The summed E-state index contributed by atoms with van der Waals surface area (Å²) in [4.78, 5) is 4.14. The first kappa shape index (κ1) is 12.0. The van der Waals surface area contributed by atoms with E-state index in [1.807, 2.05) is 0 Å². The van der Waals surface area contributed by atoms with Crippen LogP contribution in [0.15, 0.2) is 23.4 Å². The number of pyridine rings is 1. The molecular formula is C11H14N2OS. The van der Waals surface area contributed by atoms with Crippen LogP contribution in [0, 0.1) is 11.3 Å². The maximum atomic E-state index is 9.51. The highest BCUT2D eigenvalue weighted by Gasteiger charge is 2.11. The monoisotopic (exact) mass is 222 g/mol. The lowest BCUT2D eigenvalue weighted by molar-refractivity contribution is 0.0777. The van der Waals surface area contributed by atoms with Gasteiger partial charge in [0, 0.05) is 11.9 Å². The van der Waals surface area contributed by atoms with Crippen LogP contribution in [0.1, 0.15) is 25.8 Å². The van der Waals surface area contributed by atoms with E-state index < -0.39 is 5.60 Å². The van der Waals surface area contributed by atoms with Crippen LogP contribution < -0.4 is 0 Å². The number of hydrogen-bond donors (Lipinski definition) is 1. The van der Waals surface area contributed by atoms with Gasteiger partial charge in [0.1, 0.15) is 0 Å². The van der Waals surface area contributed by atoms with Crippen LogP contribution >= 0.6 is 11.8 Å². The number of hydrogen-bond acceptors (Lipinski definition) is 4. The Balaban J connectivity index is 2.48. The third-order valence-electron chi connectivity index (χ3n) is 1.83. The van der Waals surface area contributed by atoms with E-state index in [1.165, 1.54) is 0 Å². The molecule has 0 aromatic carbocycles. The third kappa shape index (κ3) is 4.82. The molecule has 0 bridgehead atoms. The molecule has 0 saturated heterocycles. The summed E-state index contributed by atoms with van der Waals surface area (Å²) in [5.41, 5.74) is -0.0180. The predicted octanol–water partition coefficient (Wildman–Crippen LogP) is 2.21. The van der Waals surface area contributed by atoms with Gasteiger partial charge in [-0.3, -0.25) is 0 Å². The van der Waals surface area contributed by atoms with E-state index in [9.17, 15) is 5.11 Å². The van der Waals surface area contributed by atoms with Gasteiger partial charge < -0.3 is 5.11 Å². The molecule has 0 fully saturated rings. The van der Waals surface area contributed by atoms with Gasteiger partial charge in [0.15, 0.2) is 0 Å². The van der Waals surface area contributed by atoms with E-state index in [4.69, 9.17) is 5.26 Å². The molecule has 1 N–H and O–H groups in total. The van der Waals surface area contributed by atoms with E-state index in [-0.39, 0.29) is 0 Å². The Morgan fingerprint density at radius 2 is 2.33 bits per heavy atom. The topological polar surface area (TPSA) is 56.9 Å². The first-order valence-electron chi connectivity index (χ1n) is 4.72. The maximum Gasteiger partial charge on any atom is 0.0993 e. The van der Waals surface area contributed by atoms with Gasteiger partial charge in [-0.05, 0) is 32.4 Å². The standard InChI is InChI=1S/C11H14N2OS/c1-11(2,14)4-6-15-10-7-9(8-12)3-5-13-10/h3,5,7,14H,4,6H2,1-2H3. The normalized spacial score (nSPS) is 11.1. The van der Waals surface area contributed by atoms with Crippen molar-refractivity contribution in [3.8, 4) is 6.07 Å². The smallest absolute Gasteiger partial charge is 0.0993 e. The minimum absolute atomic E-state index is 0.621. The molecule has 4 heteroatoms. The number of aromatic nitrogens is 1. The highest BCUT2D eigenvalue weighted by atomic mass is 32.2. The molecule has 0 amide bonds. The van der Waals surface area contributed by atoms with E-state index in [1.54, 1.807) is 43.9 Å². The zero-order valence-corrected chi connectivity index (χ0v) is 9.71. The molecule has 0 aliphatic carbocycles. The first-order valence-corrected chi connectivity index (χ1v) is 5.71. The Morgan fingerprint density at radius 1 is 1.60 bits per heavy atom. The third-order valence-corrected chi connectivity index (χ3v) is 2.76. The number of rotatable bonds is 4. The van der Waals surface area contributed by atoms with Crippen molar-refractivity contribution in [3.05, 3.63) is 23.9 Å². The summed E-state index contributed by atoms with van der Waals surface area (Å²) in [6.07, 6.45) is 2.33. The Labute approximate surface area is 94.2 Å². The van der Waals surface area contributed by atoms with Crippen molar-refractivity contribution in [2.24, 2.45) is 0 Å². The molecule has 15 heavy (non-hydrogen) atoms. The minimum atomic E-state index is -0.639.